The standard InChI is InChI=1S/C13H12Cl3N3O2/c1-13(2,3)12-17-10(11(20)21)18-19(12)9-7(15)4-6(14)5-8(9)16/h4-5H,1-3H3,(H,20,21). The van der Waals surface area contributed by atoms with E-state index in [1.165, 1.54) is 16.8 Å². The van der Waals surface area contributed by atoms with Gasteiger partial charge in [0.15, 0.2) is 0 Å². The van der Waals surface area contributed by atoms with E-state index in [0.717, 1.165) is 0 Å². The van der Waals surface area contributed by atoms with Gasteiger partial charge in [-0.25, -0.2) is 14.5 Å². The minimum atomic E-state index is -1.22. The Morgan fingerprint density at radius 2 is 1.71 bits per heavy atom. The Hall–Kier alpha value is -1.30. The largest absolute Gasteiger partial charge is 0.475 e. The lowest BCUT2D eigenvalue weighted by molar-refractivity contribution is 0.0683. The first-order valence-electron chi connectivity index (χ1n) is 5.97. The molecule has 0 spiro atoms. The minimum Gasteiger partial charge on any atom is -0.475 e. The Kier molecular flexibility index (Phi) is 4.19. The minimum absolute atomic E-state index is 0.264. The van der Waals surface area contributed by atoms with Gasteiger partial charge in [0.1, 0.15) is 11.5 Å². The zero-order valence-electron chi connectivity index (χ0n) is 11.5. The van der Waals surface area contributed by atoms with Gasteiger partial charge in [-0.1, -0.05) is 55.6 Å². The number of hydrogen-bond donors (Lipinski definition) is 1. The third-order valence-corrected chi connectivity index (χ3v) is 3.46. The van der Waals surface area contributed by atoms with Gasteiger partial charge in [-0.2, -0.15) is 0 Å². The Bertz CT molecular complexity index is 697. The van der Waals surface area contributed by atoms with Gasteiger partial charge in [0.05, 0.1) is 10.0 Å². The van der Waals surface area contributed by atoms with Crippen LogP contribution in [0.2, 0.25) is 15.1 Å². The summed E-state index contributed by atoms with van der Waals surface area (Å²) in [6.45, 7) is 5.66. The predicted octanol–water partition coefficient (Wildman–Crippen LogP) is 4.22. The summed E-state index contributed by atoms with van der Waals surface area (Å²) < 4.78 is 1.35. The molecule has 0 atom stereocenters. The van der Waals surface area contributed by atoms with Crippen LogP contribution in [0.25, 0.3) is 5.69 Å². The van der Waals surface area contributed by atoms with Crippen LogP contribution >= 0.6 is 34.8 Å². The first kappa shape index (κ1) is 16.1. The molecule has 1 aromatic carbocycles. The fraction of sp³-hybridized carbons (Fsp3) is 0.308. The lowest BCUT2D eigenvalue weighted by atomic mass is 9.95. The molecule has 0 bridgehead atoms. The molecule has 112 valence electrons. The number of halogens is 3. The number of rotatable bonds is 2. The highest BCUT2D eigenvalue weighted by Gasteiger charge is 2.28. The van der Waals surface area contributed by atoms with E-state index in [2.05, 4.69) is 10.1 Å². The van der Waals surface area contributed by atoms with Gasteiger partial charge in [0.2, 0.25) is 0 Å². The zero-order valence-corrected chi connectivity index (χ0v) is 13.8. The molecule has 1 heterocycles. The molecule has 0 aliphatic rings. The molecule has 21 heavy (non-hydrogen) atoms. The summed E-state index contributed by atoms with van der Waals surface area (Å²) in [6, 6.07) is 3.03. The molecule has 0 unspecified atom stereocenters. The van der Waals surface area contributed by atoms with Gasteiger partial charge in [-0.15, -0.1) is 5.10 Å². The Balaban J connectivity index is 2.77. The normalized spacial score (nSPS) is 11.7. The Labute approximate surface area is 136 Å². The van der Waals surface area contributed by atoms with E-state index in [1.807, 2.05) is 20.8 Å². The topological polar surface area (TPSA) is 68.0 Å². The number of carbonyl (C=O) groups is 1. The summed E-state index contributed by atoms with van der Waals surface area (Å²) in [5.74, 6) is -1.10. The van der Waals surface area contributed by atoms with Crippen molar-refractivity contribution in [1.29, 1.82) is 0 Å². The van der Waals surface area contributed by atoms with Crippen LogP contribution in [0.4, 0.5) is 0 Å². The molecule has 0 saturated heterocycles. The number of carboxylic acid groups (broad SMARTS) is 1. The summed E-state index contributed by atoms with van der Waals surface area (Å²) >= 11 is 18.2. The average molecular weight is 349 g/mol. The van der Waals surface area contributed by atoms with Gasteiger partial charge in [0, 0.05) is 10.4 Å². The summed E-state index contributed by atoms with van der Waals surface area (Å²) in [7, 11) is 0. The molecule has 2 aromatic rings. The number of nitrogens with zero attached hydrogens (tertiary/aromatic N) is 3. The van der Waals surface area contributed by atoms with E-state index in [1.54, 1.807) is 0 Å². The van der Waals surface area contributed by atoms with Crippen molar-refractivity contribution in [3.63, 3.8) is 0 Å². The van der Waals surface area contributed by atoms with E-state index in [-0.39, 0.29) is 15.9 Å². The predicted molar refractivity (Wildman–Crippen MR) is 82.0 cm³/mol. The molecule has 0 aliphatic heterocycles. The van der Waals surface area contributed by atoms with Crippen molar-refractivity contribution in [3.8, 4) is 5.69 Å². The highest BCUT2D eigenvalue weighted by atomic mass is 35.5. The van der Waals surface area contributed by atoms with Crippen molar-refractivity contribution in [2.24, 2.45) is 0 Å². The number of carboxylic acids is 1. The highest BCUT2D eigenvalue weighted by molar-refractivity contribution is 6.40. The second-order valence-corrected chi connectivity index (χ2v) is 6.69. The number of benzene rings is 1. The second kappa shape index (κ2) is 5.48. The Morgan fingerprint density at radius 3 is 2.14 bits per heavy atom. The average Bonchev–Trinajstić information content (AvgIpc) is 2.71. The first-order valence-corrected chi connectivity index (χ1v) is 7.10. The molecule has 0 saturated carbocycles. The maximum atomic E-state index is 11.1. The molecular formula is C13H12Cl3N3O2. The quantitative estimate of drug-likeness (QED) is 0.882. The molecule has 0 fully saturated rings. The van der Waals surface area contributed by atoms with Crippen LogP contribution in [-0.4, -0.2) is 25.8 Å². The van der Waals surface area contributed by atoms with Crippen molar-refractivity contribution in [1.82, 2.24) is 14.8 Å². The summed E-state index contributed by atoms with van der Waals surface area (Å²) in [4.78, 5) is 15.2. The molecule has 0 amide bonds. The van der Waals surface area contributed by atoms with Crippen molar-refractivity contribution in [2.75, 3.05) is 0 Å². The number of aromatic carboxylic acids is 1. The lowest BCUT2D eigenvalue weighted by Gasteiger charge is -2.19. The third kappa shape index (κ3) is 3.15. The van der Waals surface area contributed by atoms with Crippen LogP contribution in [0.5, 0.6) is 0 Å². The van der Waals surface area contributed by atoms with Crippen molar-refractivity contribution in [3.05, 3.63) is 38.8 Å². The van der Waals surface area contributed by atoms with Crippen LogP contribution in [0.3, 0.4) is 0 Å². The van der Waals surface area contributed by atoms with Gasteiger partial charge in [0.25, 0.3) is 5.82 Å². The van der Waals surface area contributed by atoms with Crippen molar-refractivity contribution < 1.29 is 9.90 Å². The highest BCUT2D eigenvalue weighted by Crippen LogP contribution is 2.34. The molecule has 0 radical (unpaired) electrons. The van der Waals surface area contributed by atoms with Crippen LogP contribution in [0, 0.1) is 0 Å². The second-order valence-electron chi connectivity index (χ2n) is 5.44. The maximum absolute atomic E-state index is 11.1. The lowest BCUT2D eigenvalue weighted by Crippen LogP contribution is -2.19. The van der Waals surface area contributed by atoms with Crippen molar-refractivity contribution in [2.45, 2.75) is 26.2 Å². The van der Waals surface area contributed by atoms with Gasteiger partial charge >= 0.3 is 5.97 Å². The van der Waals surface area contributed by atoms with Crippen molar-refractivity contribution >= 4 is 40.8 Å². The summed E-state index contributed by atoms with van der Waals surface area (Å²) in [5.41, 5.74) is -0.0971. The third-order valence-electron chi connectivity index (χ3n) is 2.66. The number of aromatic nitrogens is 3. The molecule has 1 N–H and O–H groups in total. The molecule has 0 aliphatic carbocycles. The monoisotopic (exact) mass is 347 g/mol. The molecule has 2 rings (SSSR count). The van der Waals surface area contributed by atoms with E-state index in [9.17, 15) is 4.79 Å². The first-order chi connectivity index (χ1) is 9.61. The zero-order chi connectivity index (χ0) is 15.9. The van der Waals surface area contributed by atoms with E-state index >= 15 is 0 Å². The van der Waals surface area contributed by atoms with Gasteiger partial charge in [-0.05, 0) is 12.1 Å². The fourth-order valence-corrected chi connectivity index (χ4v) is 2.76. The Morgan fingerprint density at radius 1 is 1.19 bits per heavy atom. The molecule has 8 heteroatoms. The van der Waals surface area contributed by atoms with Crippen LogP contribution < -0.4 is 0 Å². The van der Waals surface area contributed by atoms with Crippen LogP contribution in [-0.2, 0) is 5.41 Å². The van der Waals surface area contributed by atoms with Crippen LogP contribution in [0.1, 0.15) is 37.2 Å². The fourth-order valence-electron chi connectivity index (χ4n) is 1.78. The van der Waals surface area contributed by atoms with E-state index < -0.39 is 11.4 Å². The molecule has 5 nitrogen and oxygen atoms in total. The summed E-state index contributed by atoms with van der Waals surface area (Å²) in [5, 5.41) is 14.0. The van der Waals surface area contributed by atoms with Gasteiger partial charge < -0.3 is 5.11 Å². The SMILES string of the molecule is CC(C)(C)c1nc(C(=O)O)nn1-c1c(Cl)cc(Cl)cc1Cl. The van der Waals surface area contributed by atoms with Crippen LogP contribution in [0.15, 0.2) is 12.1 Å². The maximum Gasteiger partial charge on any atom is 0.375 e. The van der Waals surface area contributed by atoms with E-state index in [4.69, 9.17) is 39.9 Å². The molecule has 1 aromatic heterocycles. The number of hydrogen-bond acceptors (Lipinski definition) is 3. The smallest absolute Gasteiger partial charge is 0.375 e. The van der Waals surface area contributed by atoms with E-state index in [0.29, 0.717) is 16.5 Å². The summed E-state index contributed by atoms with van der Waals surface area (Å²) in [6.07, 6.45) is 0. The molecular weight excluding hydrogens is 337 g/mol. The van der Waals surface area contributed by atoms with Gasteiger partial charge in [-0.3, -0.25) is 0 Å².